The van der Waals surface area contributed by atoms with E-state index in [2.05, 4.69) is 5.32 Å². The van der Waals surface area contributed by atoms with E-state index in [-0.39, 0.29) is 5.91 Å². The quantitative estimate of drug-likeness (QED) is 0.685. The van der Waals surface area contributed by atoms with E-state index in [9.17, 15) is 9.90 Å². The highest BCUT2D eigenvalue weighted by atomic mass is 16.3. The molecule has 0 unspecified atom stereocenters. The van der Waals surface area contributed by atoms with Crippen LogP contribution < -0.4 is 5.32 Å². The van der Waals surface area contributed by atoms with E-state index in [1.165, 1.54) is 4.90 Å². The van der Waals surface area contributed by atoms with Crippen molar-refractivity contribution in [1.29, 1.82) is 0 Å². The lowest BCUT2D eigenvalue weighted by Gasteiger charge is -2.32. The molecule has 0 spiro atoms. The molecule has 1 amide bonds. The zero-order valence-electron chi connectivity index (χ0n) is 10.0. The molecule has 4 nitrogen and oxygen atoms in total. The Bertz CT molecular complexity index is 207. The van der Waals surface area contributed by atoms with Gasteiger partial charge in [-0.2, -0.15) is 0 Å². The maximum atomic E-state index is 11.8. The lowest BCUT2D eigenvalue weighted by Crippen LogP contribution is -2.54. The van der Waals surface area contributed by atoms with Crippen molar-refractivity contribution >= 4 is 5.91 Å². The monoisotopic (exact) mass is 202 g/mol. The lowest BCUT2D eigenvalue weighted by atomic mass is 10.0. The standard InChI is InChI=1S/C10H22N2O2/c1-9(2,14)7-12(6)8(13)10(3,4)11-5/h11,14H,7H2,1-6H3. The van der Waals surface area contributed by atoms with Gasteiger partial charge in [-0.3, -0.25) is 4.79 Å². The van der Waals surface area contributed by atoms with Crippen LogP contribution in [0.25, 0.3) is 0 Å². The molecule has 0 bridgehead atoms. The van der Waals surface area contributed by atoms with Crippen molar-refractivity contribution < 1.29 is 9.90 Å². The number of carbonyl (C=O) groups excluding carboxylic acids is 1. The summed E-state index contributed by atoms with van der Waals surface area (Å²) < 4.78 is 0. The predicted octanol–water partition coefficient (Wildman–Crippen LogP) is 0.214. The van der Waals surface area contributed by atoms with Gasteiger partial charge in [-0.15, -0.1) is 0 Å². The third kappa shape index (κ3) is 4.07. The summed E-state index contributed by atoms with van der Waals surface area (Å²) in [6.07, 6.45) is 0. The molecule has 0 aromatic rings. The Kier molecular flexibility index (Phi) is 4.09. The van der Waals surface area contributed by atoms with Gasteiger partial charge >= 0.3 is 0 Å². The highest BCUT2D eigenvalue weighted by molar-refractivity contribution is 5.85. The first-order chi connectivity index (χ1) is 6.10. The number of amides is 1. The van der Waals surface area contributed by atoms with Crippen LogP contribution in [0.5, 0.6) is 0 Å². The molecule has 0 saturated heterocycles. The zero-order chi connectivity index (χ0) is 11.6. The molecule has 0 saturated carbocycles. The van der Waals surface area contributed by atoms with E-state index in [1.54, 1.807) is 27.9 Å². The summed E-state index contributed by atoms with van der Waals surface area (Å²) >= 11 is 0. The Hall–Kier alpha value is -0.610. The van der Waals surface area contributed by atoms with E-state index in [0.29, 0.717) is 6.54 Å². The van der Waals surface area contributed by atoms with Crippen molar-refractivity contribution in [2.45, 2.75) is 38.8 Å². The second-order valence-electron chi connectivity index (χ2n) is 4.85. The van der Waals surface area contributed by atoms with Crippen LogP contribution in [0.4, 0.5) is 0 Å². The molecule has 14 heavy (non-hydrogen) atoms. The number of hydrogen-bond donors (Lipinski definition) is 2. The summed E-state index contributed by atoms with van der Waals surface area (Å²) in [4.78, 5) is 13.4. The fourth-order valence-electron chi connectivity index (χ4n) is 1.24. The Morgan fingerprint density at radius 2 is 1.79 bits per heavy atom. The first kappa shape index (κ1) is 13.4. The zero-order valence-corrected chi connectivity index (χ0v) is 10.0. The van der Waals surface area contributed by atoms with Gasteiger partial charge in [0.1, 0.15) is 0 Å². The normalized spacial score (nSPS) is 12.8. The minimum atomic E-state index is -0.853. The predicted molar refractivity (Wildman–Crippen MR) is 57.1 cm³/mol. The van der Waals surface area contributed by atoms with E-state index >= 15 is 0 Å². The van der Waals surface area contributed by atoms with Gasteiger partial charge in [0.15, 0.2) is 0 Å². The third-order valence-corrected chi connectivity index (χ3v) is 2.13. The summed E-state index contributed by atoms with van der Waals surface area (Å²) in [5, 5.41) is 12.5. The first-order valence-electron chi connectivity index (χ1n) is 4.77. The number of nitrogens with one attached hydrogen (secondary N) is 1. The Balaban J connectivity index is 4.41. The van der Waals surface area contributed by atoms with Crippen LogP contribution in [0.2, 0.25) is 0 Å². The van der Waals surface area contributed by atoms with Crippen LogP contribution in [-0.2, 0) is 4.79 Å². The SMILES string of the molecule is CNC(C)(C)C(=O)N(C)CC(C)(C)O. The molecule has 0 heterocycles. The first-order valence-corrected chi connectivity index (χ1v) is 4.77. The lowest BCUT2D eigenvalue weighted by molar-refractivity contribution is -0.138. The van der Waals surface area contributed by atoms with Crippen LogP contribution in [0.1, 0.15) is 27.7 Å². The van der Waals surface area contributed by atoms with Crippen molar-refractivity contribution in [3.8, 4) is 0 Å². The van der Waals surface area contributed by atoms with Gasteiger partial charge < -0.3 is 15.3 Å². The van der Waals surface area contributed by atoms with Gasteiger partial charge in [0, 0.05) is 13.6 Å². The van der Waals surface area contributed by atoms with Gasteiger partial charge in [-0.05, 0) is 34.7 Å². The second-order valence-corrected chi connectivity index (χ2v) is 4.85. The summed E-state index contributed by atoms with van der Waals surface area (Å²) in [6.45, 7) is 7.33. The molecule has 0 aromatic heterocycles. The molecule has 84 valence electrons. The van der Waals surface area contributed by atoms with Crippen molar-refractivity contribution in [2.24, 2.45) is 0 Å². The number of carbonyl (C=O) groups is 1. The fraction of sp³-hybridized carbons (Fsp3) is 0.900. The topological polar surface area (TPSA) is 52.6 Å². The number of hydrogen-bond acceptors (Lipinski definition) is 3. The molecule has 0 aromatic carbocycles. The van der Waals surface area contributed by atoms with Crippen molar-refractivity contribution in [3.63, 3.8) is 0 Å². The summed E-state index contributed by atoms with van der Waals surface area (Å²) in [6, 6.07) is 0. The van der Waals surface area contributed by atoms with Crippen LogP contribution >= 0.6 is 0 Å². The molecule has 0 fully saturated rings. The smallest absolute Gasteiger partial charge is 0.242 e. The Morgan fingerprint density at radius 1 is 1.36 bits per heavy atom. The molecular weight excluding hydrogens is 180 g/mol. The molecule has 0 radical (unpaired) electrons. The molecule has 0 atom stereocenters. The second kappa shape index (κ2) is 4.28. The molecule has 0 aliphatic heterocycles. The van der Waals surface area contributed by atoms with Crippen molar-refractivity contribution in [1.82, 2.24) is 10.2 Å². The van der Waals surface area contributed by atoms with Gasteiger partial charge in [-0.1, -0.05) is 0 Å². The minimum Gasteiger partial charge on any atom is -0.389 e. The Morgan fingerprint density at radius 3 is 2.07 bits per heavy atom. The number of nitrogens with zero attached hydrogens (tertiary/aromatic N) is 1. The number of rotatable bonds is 4. The van der Waals surface area contributed by atoms with Crippen LogP contribution in [0.3, 0.4) is 0 Å². The largest absolute Gasteiger partial charge is 0.389 e. The average Bonchev–Trinajstić information content (AvgIpc) is 2.00. The number of aliphatic hydroxyl groups is 1. The van der Waals surface area contributed by atoms with Crippen LogP contribution in [0, 0.1) is 0 Å². The molecular formula is C10H22N2O2. The van der Waals surface area contributed by atoms with Gasteiger partial charge in [0.2, 0.25) is 5.91 Å². The van der Waals surface area contributed by atoms with Gasteiger partial charge in [0.05, 0.1) is 11.1 Å². The fourth-order valence-corrected chi connectivity index (χ4v) is 1.24. The van der Waals surface area contributed by atoms with Crippen LogP contribution in [0.15, 0.2) is 0 Å². The van der Waals surface area contributed by atoms with Crippen molar-refractivity contribution in [3.05, 3.63) is 0 Å². The number of likely N-dealkylation sites (N-methyl/N-ethyl adjacent to an activating group) is 2. The average molecular weight is 202 g/mol. The van der Waals surface area contributed by atoms with E-state index in [4.69, 9.17) is 0 Å². The molecule has 0 rings (SSSR count). The molecule has 0 aliphatic carbocycles. The third-order valence-electron chi connectivity index (χ3n) is 2.13. The van der Waals surface area contributed by atoms with Crippen LogP contribution in [-0.4, -0.2) is 47.7 Å². The van der Waals surface area contributed by atoms with E-state index in [1.807, 2.05) is 13.8 Å². The minimum absolute atomic E-state index is 0.0258. The van der Waals surface area contributed by atoms with Gasteiger partial charge in [0.25, 0.3) is 0 Å². The molecule has 2 N–H and O–H groups in total. The summed E-state index contributed by atoms with van der Waals surface area (Å²) in [5.74, 6) is -0.0258. The van der Waals surface area contributed by atoms with Gasteiger partial charge in [-0.25, -0.2) is 0 Å². The summed E-state index contributed by atoms with van der Waals surface area (Å²) in [5.41, 5.74) is -1.44. The van der Waals surface area contributed by atoms with E-state index in [0.717, 1.165) is 0 Å². The molecule has 4 heteroatoms. The Labute approximate surface area is 86.3 Å². The summed E-state index contributed by atoms with van der Waals surface area (Å²) in [7, 11) is 3.44. The highest BCUT2D eigenvalue weighted by Gasteiger charge is 2.30. The van der Waals surface area contributed by atoms with Crippen molar-refractivity contribution in [2.75, 3.05) is 20.6 Å². The highest BCUT2D eigenvalue weighted by Crippen LogP contribution is 2.09. The maximum Gasteiger partial charge on any atom is 0.242 e. The van der Waals surface area contributed by atoms with E-state index < -0.39 is 11.1 Å². The molecule has 0 aliphatic rings. The maximum absolute atomic E-state index is 11.8.